The van der Waals surface area contributed by atoms with Gasteiger partial charge < -0.3 is 20.1 Å². The molecule has 2 N–H and O–H groups in total. The van der Waals surface area contributed by atoms with Crippen LogP contribution in [0.25, 0.3) is 10.9 Å². The van der Waals surface area contributed by atoms with Gasteiger partial charge in [-0.05, 0) is 19.4 Å². The van der Waals surface area contributed by atoms with Crippen LogP contribution in [0.2, 0.25) is 5.15 Å². The molecule has 166 valence electrons. The van der Waals surface area contributed by atoms with Crippen molar-refractivity contribution in [2.24, 2.45) is 5.73 Å². The van der Waals surface area contributed by atoms with Crippen LogP contribution >= 0.6 is 11.6 Å². The van der Waals surface area contributed by atoms with Crippen LogP contribution in [0.3, 0.4) is 0 Å². The molecule has 31 heavy (non-hydrogen) atoms. The van der Waals surface area contributed by atoms with Gasteiger partial charge in [-0.2, -0.15) is 15.0 Å². The van der Waals surface area contributed by atoms with Gasteiger partial charge in [-0.15, -0.1) is 0 Å². The molecule has 0 saturated carbocycles. The molecule has 3 aliphatic heterocycles. The third-order valence-electron chi connectivity index (χ3n) is 6.15. The average Bonchev–Trinajstić information content (AvgIpc) is 3.18. The van der Waals surface area contributed by atoms with Gasteiger partial charge in [0.2, 0.25) is 11.8 Å². The molecule has 1 amide bonds. The molecule has 3 aliphatic rings. The van der Waals surface area contributed by atoms with Gasteiger partial charge in [0, 0.05) is 13.0 Å². The number of hydrogen-bond donors (Lipinski definition) is 1. The zero-order valence-electron chi connectivity index (χ0n) is 16.6. The molecule has 9 nitrogen and oxygen atoms in total. The molecule has 5 heterocycles. The zero-order chi connectivity index (χ0) is 21.8. The van der Waals surface area contributed by atoms with Gasteiger partial charge in [-0.1, -0.05) is 11.6 Å². The molecule has 2 atom stereocenters. The number of nitrogens with two attached hydrogens (primary N) is 1. The fraction of sp³-hybridized carbons (Fsp3) is 0.579. The first kappa shape index (κ1) is 20.4. The molecule has 2 saturated heterocycles. The Kier molecular flexibility index (Phi) is 4.97. The average molecular weight is 455 g/mol. The Morgan fingerprint density at radius 3 is 3.00 bits per heavy atom. The van der Waals surface area contributed by atoms with Crippen LogP contribution in [-0.2, 0) is 4.79 Å². The van der Waals surface area contributed by atoms with E-state index in [4.69, 9.17) is 26.8 Å². The monoisotopic (exact) mass is 454 g/mol. The summed E-state index contributed by atoms with van der Waals surface area (Å²) in [5, 5.41) is -0.198. The van der Waals surface area contributed by atoms with Crippen LogP contribution in [0.1, 0.15) is 19.3 Å². The van der Waals surface area contributed by atoms with E-state index in [1.165, 1.54) is 0 Å². The number of ether oxygens (including phenoxy) is 2. The quantitative estimate of drug-likeness (QED) is 0.677. The Bertz CT molecular complexity index is 1060. The largest absolute Gasteiger partial charge is 0.475 e. The number of nitrogens with zero attached hydrogens (tertiary/aromatic N) is 5. The number of primary amides is 1. The second-order valence-corrected chi connectivity index (χ2v) is 8.53. The van der Waals surface area contributed by atoms with Gasteiger partial charge in [-0.25, -0.2) is 8.78 Å². The summed E-state index contributed by atoms with van der Waals surface area (Å²) in [5.41, 5.74) is 4.84. The summed E-state index contributed by atoms with van der Waals surface area (Å²) in [5.74, 6) is -1.12. The maximum atomic E-state index is 14.9. The predicted octanol–water partition coefficient (Wildman–Crippen LogP) is 1.46. The van der Waals surface area contributed by atoms with E-state index < -0.39 is 28.6 Å². The van der Waals surface area contributed by atoms with E-state index in [1.807, 2.05) is 0 Å². The number of fused-ring (bicyclic) bond motifs is 1. The van der Waals surface area contributed by atoms with E-state index >= 15 is 0 Å². The van der Waals surface area contributed by atoms with Crippen molar-refractivity contribution in [2.45, 2.75) is 31.0 Å². The zero-order valence-corrected chi connectivity index (χ0v) is 17.4. The van der Waals surface area contributed by atoms with Gasteiger partial charge in [0.1, 0.15) is 36.1 Å². The lowest BCUT2D eigenvalue weighted by molar-refractivity contribution is -0.116. The number of carbonyl (C=O) groups is 1. The minimum Gasteiger partial charge on any atom is -0.475 e. The molecule has 0 radical (unpaired) electrons. The number of amides is 1. The summed E-state index contributed by atoms with van der Waals surface area (Å²) in [7, 11) is 0. The first-order valence-electron chi connectivity index (χ1n) is 10.1. The van der Waals surface area contributed by atoms with Gasteiger partial charge in [0.25, 0.3) is 0 Å². The molecule has 0 bridgehead atoms. The SMILES string of the molecule is NC(=O)CN1CCOc2nc(Cl)c(F)c3nc(OC[C@@]45CCCN4C[C@H](F)C5)nc1c23. The van der Waals surface area contributed by atoms with Crippen molar-refractivity contribution in [1.82, 2.24) is 19.9 Å². The standard InChI is InChI=1S/C19H21ClF2N6O3/c20-15-13(22)14-12-16(27(8-11(23)29)4-5-30-17(12)25-15)26-18(24-14)31-9-19-2-1-3-28(19)7-10(21)6-19/h10H,1-9H2,(H2,23,29)/t10-,19+/m1/s1. The summed E-state index contributed by atoms with van der Waals surface area (Å²) >= 11 is 5.94. The van der Waals surface area contributed by atoms with Crippen molar-refractivity contribution in [2.75, 3.05) is 44.3 Å². The Hall–Kier alpha value is -2.53. The van der Waals surface area contributed by atoms with Gasteiger partial charge in [-0.3, -0.25) is 9.69 Å². The summed E-state index contributed by atoms with van der Waals surface area (Å²) in [6.45, 7) is 1.66. The number of alkyl halides is 1. The van der Waals surface area contributed by atoms with Crippen molar-refractivity contribution in [3.05, 3.63) is 11.0 Å². The Morgan fingerprint density at radius 2 is 2.19 bits per heavy atom. The number of rotatable bonds is 5. The Labute approximate surface area is 181 Å². The summed E-state index contributed by atoms with van der Waals surface area (Å²) < 4.78 is 40.4. The molecule has 0 unspecified atom stereocenters. The van der Waals surface area contributed by atoms with E-state index in [2.05, 4.69) is 19.9 Å². The molecule has 2 aromatic heterocycles. The topological polar surface area (TPSA) is 107 Å². The van der Waals surface area contributed by atoms with Crippen LogP contribution in [-0.4, -0.2) is 76.9 Å². The second kappa shape index (κ2) is 7.56. The predicted molar refractivity (Wildman–Crippen MR) is 108 cm³/mol. The fourth-order valence-corrected chi connectivity index (χ4v) is 4.99. The normalized spacial score (nSPS) is 25.4. The van der Waals surface area contributed by atoms with Gasteiger partial charge in [0.05, 0.1) is 18.6 Å². The molecule has 5 rings (SSSR count). The smallest absolute Gasteiger partial charge is 0.319 e. The van der Waals surface area contributed by atoms with Crippen molar-refractivity contribution < 1.29 is 23.0 Å². The van der Waals surface area contributed by atoms with E-state index in [-0.39, 0.29) is 54.9 Å². The molecule has 2 aromatic rings. The summed E-state index contributed by atoms with van der Waals surface area (Å²) in [6, 6.07) is -0.0884. The van der Waals surface area contributed by atoms with Crippen LogP contribution < -0.4 is 20.1 Å². The molecular weight excluding hydrogens is 434 g/mol. The third kappa shape index (κ3) is 3.49. The van der Waals surface area contributed by atoms with Crippen molar-refractivity contribution >= 4 is 34.2 Å². The van der Waals surface area contributed by atoms with E-state index in [1.54, 1.807) is 4.90 Å². The summed E-state index contributed by atoms with van der Waals surface area (Å²) in [4.78, 5) is 27.8. The van der Waals surface area contributed by atoms with Gasteiger partial charge in [0.15, 0.2) is 11.0 Å². The van der Waals surface area contributed by atoms with Crippen LogP contribution in [0.5, 0.6) is 11.9 Å². The third-order valence-corrected chi connectivity index (χ3v) is 6.40. The molecule has 12 heteroatoms. The Morgan fingerprint density at radius 1 is 1.35 bits per heavy atom. The first-order valence-corrected chi connectivity index (χ1v) is 10.5. The fourth-order valence-electron chi connectivity index (χ4n) is 4.82. The van der Waals surface area contributed by atoms with Crippen molar-refractivity contribution in [3.63, 3.8) is 0 Å². The van der Waals surface area contributed by atoms with E-state index in [0.717, 1.165) is 19.4 Å². The highest BCUT2D eigenvalue weighted by atomic mass is 35.5. The minimum atomic E-state index is -0.904. The lowest BCUT2D eigenvalue weighted by atomic mass is 9.95. The number of aromatic nitrogens is 3. The molecule has 0 spiro atoms. The number of hydrogen-bond acceptors (Lipinski definition) is 8. The lowest BCUT2D eigenvalue weighted by Gasteiger charge is -2.31. The molecule has 0 aliphatic carbocycles. The highest BCUT2D eigenvalue weighted by Gasteiger charge is 2.49. The number of anilines is 1. The van der Waals surface area contributed by atoms with Crippen LogP contribution in [0, 0.1) is 5.82 Å². The van der Waals surface area contributed by atoms with Crippen molar-refractivity contribution in [3.8, 4) is 11.9 Å². The van der Waals surface area contributed by atoms with Crippen molar-refractivity contribution in [1.29, 1.82) is 0 Å². The summed E-state index contributed by atoms with van der Waals surface area (Å²) in [6.07, 6.45) is 1.25. The highest BCUT2D eigenvalue weighted by molar-refractivity contribution is 6.30. The van der Waals surface area contributed by atoms with Crippen LogP contribution in [0.4, 0.5) is 14.6 Å². The van der Waals surface area contributed by atoms with E-state index in [0.29, 0.717) is 13.0 Å². The molecule has 0 aromatic carbocycles. The minimum absolute atomic E-state index is 0.0755. The maximum Gasteiger partial charge on any atom is 0.319 e. The second-order valence-electron chi connectivity index (χ2n) is 8.18. The molecule has 2 fully saturated rings. The number of halogens is 3. The lowest BCUT2D eigenvalue weighted by Crippen LogP contribution is -2.43. The maximum absolute atomic E-state index is 14.9. The Balaban J connectivity index is 1.55. The first-order chi connectivity index (χ1) is 14.9. The number of pyridine rings is 1. The van der Waals surface area contributed by atoms with Crippen LogP contribution in [0.15, 0.2) is 0 Å². The van der Waals surface area contributed by atoms with Gasteiger partial charge >= 0.3 is 6.01 Å². The molecular formula is C19H21ClF2N6O3. The van der Waals surface area contributed by atoms with E-state index in [9.17, 15) is 13.6 Å². The number of carbonyl (C=O) groups excluding carboxylic acids is 1. The highest BCUT2D eigenvalue weighted by Crippen LogP contribution is 2.41.